The molecule has 0 aromatic heterocycles. The molecule has 0 bridgehead atoms. The monoisotopic (exact) mass is 299 g/mol. The molecule has 0 unspecified atom stereocenters. The Hall–Kier alpha value is -2.02. The number of nitrogens with one attached hydrogen (secondary N) is 2. The summed E-state index contributed by atoms with van der Waals surface area (Å²) in [6.07, 6.45) is 0. The van der Waals surface area contributed by atoms with E-state index in [-0.39, 0.29) is 30.5 Å². The highest BCUT2D eigenvalue weighted by atomic mass is 19.1. The maximum atomic E-state index is 13.6. The van der Waals surface area contributed by atoms with E-state index in [4.69, 9.17) is 0 Å². The first-order chi connectivity index (χ1) is 9.85. The molecule has 0 aliphatic rings. The minimum Gasteiger partial charge on any atom is -0.358 e. The Bertz CT molecular complexity index is 523. The summed E-state index contributed by atoms with van der Waals surface area (Å²) in [7, 11) is 2.99. The van der Waals surface area contributed by atoms with Crippen LogP contribution in [-0.2, 0) is 9.59 Å². The van der Waals surface area contributed by atoms with Gasteiger partial charge < -0.3 is 15.5 Å². The second-order valence-electron chi connectivity index (χ2n) is 4.69. The van der Waals surface area contributed by atoms with E-state index in [1.54, 1.807) is 6.92 Å². The molecular formula is C14H19F2N3O2. The van der Waals surface area contributed by atoms with E-state index in [9.17, 15) is 18.4 Å². The second-order valence-corrected chi connectivity index (χ2v) is 4.69. The molecule has 0 radical (unpaired) electrons. The van der Waals surface area contributed by atoms with E-state index in [0.29, 0.717) is 0 Å². The maximum Gasteiger partial charge on any atom is 0.239 e. The Morgan fingerprint density at radius 3 is 2.57 bits per heavy atom. The normalized spacial score (nSPS) is 11.9. The van der Waals surface area contributed by atoms with Gasteiger partial charge in [-0.15, -0.1) is 0 Å². The summed E-state index contributed by atoms with van der Waals surface area (Å²) in [5, 5.41) is 5.26. The van der Waals surface area contributed by atoms with Crippen LogP contribution in [0.25, 0.3) is 0 Å². The summed E-state index contributed by atoms with van der Waals surface area (Å²) in [5.41, 5.74) is 0.276. The molecule has 7 heteroatoms. The van der Waals surface area contributed by atoms with E-state index in [2.05, 4.69) is 10.6 Å². The fourth-order valence-corrected chi connectivity index (χ4v) is 1.72. The highest BCUT2D eigenvalue weighted by molar-refractivity contribution is 5.85. The Morgan fingerprint density at radius 2 is 2.00 bits per heavy atom. The van der Waals surface area contributed by atoms with Crippen LogP contribution < -0.4 is 10.6 Å². The summed E-state index contributed by atoms with van der Waals surface area (Å²) >= 11 is 0. The van der Waals surface area contributed by atoms with Crippen molar-refractivity contribution in [2.45, 2.75) is 13.0 Å². The van der Waals surface area contributed by atoms with Crippen LogP contribution in [0.1, 0.15) is 18.5 Å². The largest absolute Gasteiger partial charge is 0.358 e. The first-order valence-corrected chi connectivity index (χ1v) is 6.48. The molecule has 1 aromatic rings. The van der Waals surface area contributed by atoms with Crippen molar-refractivity contribution in [2.24, 2.45) is 0 Å². The van der Waals surface area contributed by atoms with E-state index in [1.165, 1.54) is 25.1 Å². The van der Waals surface area contributed by atoms with Gasteiger partial charge in [-0.1, -0.05) is 6.07 Å². The lowest BCUT2D eigenvalue weighted by Gasteiger charge is -2.19. The van der Waals surface area contributed by atoms with Crippen LogP contribution >= 0.6 is 0 Å². The van der Waals surface area contributed by atoms with Gasteiger partial charge in [0.05, 0.1) is 13.1 Å². The van der Waals surface area contributed by atoms with Crippen LogP contribution in [0.3, 0.4) is 0 Å². The van der Waals surface area contributed by atoms with E-state index in [1.807, 2.05) is 0 Å². The van der Waals surface area contributed by atoms with Crippen molar-refractivity contribution in [3.05, 3.63) is 35.4 Å². The number of carbonyl (C=O) groups excluding carboxylic acids is 2. The molecule has 0 heterocycles. The van der Waals surface area contributed by atoms with Crippen LogP contribution in [0.5, 0.6) is 0 Å². The zero-order valence-electron chi connectivity index (χ0n) is 12.2. The molecule has 0 aliphatic carbocycles. The van der Waals surface area contributed by atoms with Gasteiger partial charge in [-0.25, -0.2) is 8.78 Å². The third-order valence-corrected chi connectivity index (χ3v) is 3.07. The van der Waals surface area contributed by atoms with Gasteiger partial charge in [0.25, 0.3) is 0 Å². The maximum absolute atomic E-state index is 13.6. The van der Waals surface area contributed by atoms with Crippen molar-refractivity contribution < 1.29 is 18.4 Å². The highest BCUT2D eigenvalue weighted by Crippen LogP contribution is 2.17. The standard InChI is InChI=1S/C14H19F2N3O2/c1-9(11-5-4-10(15)6-12(11)16)18-7-14(21)19(3)8-13(20)17-2/h4-6,9,18H,7-8H2,1-3H3,(H,17,20)/t9-/m0/s1. The van der Waals surface area contributed by atoms with Gasteiger partial charge in [-0.3, -0.25) is 9.59 Å². The Morgan fingerprint density at radius 1 is 1.33 bits per heavy atom. The van der Waals surface area contributed by atoms with Gasteiger partial charge in [0, 0.05) is 31.8 Å². The molecule has 2 amide bonds. The number of carbonyl (C=O) groups is 2. The van der Waals surface area contributed by atoms with Crippen molar-refractivity contribution in [1.29, 1.82) is 0 Å². The first kappa shape index (κ1) is 17.0. The molecular weight excluding hydrogens is 280 g/mol. The zero-order chi connectivity index (χ0) is 16.0. The molecule has 21 heavy (non-hydrogen) atoms. The van der Waals surface area contributed by atoms with Crippen molar-refractivity contribution in [3.8, 4) is 0 Å². The summed E-state index contributed by atoms with van der Waals surface area (Å²) in [4.78, 5) is 24.2. The second kappa shape index (κ2) is 7.68. The van der Waals surface area contributed by atoms with Crippen LogP contribution in [0, 0.1) is 11.6 Å². The molecule has 0 saturated carbocycles. The molecule has 0 fully saturated rings. The topological polar surface area (TPSA) is 61.4 Å². The smallest absolute Gasteiger partial charge is 0.239 e. The highest BCUT2D eigenvalue weighted by Gasteiger charge is 2.15. The minimum atomic E-state index is -0.666. The number of halogens is 2. The average Bonchev–Trinajstić information content (AvgIpc) is 2.43. The molecule has 1 rings (SSSR count). The predicted octanol–water partition coefficient (Wildman–Crippen LogP) is 0.820. The van der Waals surface area contributed by atoms with E-state index >= 15 is 0 Å². The SMILES string of the molecule is CNC(=O)CN(C)C(=O)CN[C@@H](C)c1ccc(F)cc1F. The number of amides is 2. The fraction of sp³-hybridized carbons (Fsp3) is 0.429. The average molecular weight is 299 g/mol. The molecule has 0 aliphatic heterocycles. The molecule has 5 nitrogen and oxygen atoms in total. The molecule has 116 valence electrons. The van der Waals surface area contributed by atoms with Gasteiger partial charge in [0.1, 0.15) is 11.6 Å². The lowest BCUT2D eigenvalue weighted by molar-refractivity contribution is -0.133. The Labute approximate surface area is 122 Å². The van der Waals surface area contributed by atoms with Crippen molar-refractivity contribution in [1.82, 2.24) is 15.5 Å². The minimum absolute atomic E-state index is 0.0453. The summed E-state index contributed by atoms with van der Waals surface area (Å²) < 4.78 is 26.4. The van der Waals surface area contributed by atoms with Gasteiger partial charge in [-0.05, 0) is 13.0 Å². The third-order valence-electron chi connectivity index (χ3n) is 3.07. The number of likely N-dealkylation sites (N-methyl/N-ethyl adjacent to an activating group) is 2. The van der Waals surface area contributed by atoms with E-state index < -0.39 is 17.7 Å². The summed E-state index contributed by atoms with van der Waals surface area (Å²) in [5.74, 6) is -1.89. The molecule has 1 atom stereocenters. The quantitative estimate of drug-likeness (QED) is 0.817. The number of rotatable bonds is 6. The summed E-state index contributed by atoms with van der Waals surface area (Å²) in [6, 6.07) is 2.84. The zero-order valence-corrected chi connectivity index (χ0v) is 12.2. The molecule has 1 aromatic carbocycles. The number of benzene rings is 1. The Balaban J connectivity index is 2.54. The van der Waals surface area contributed by atoms with Crippen molar-refractivity contribution in [2.75, 3.05) is 27.2 Å². The van der Waals surface area contributed by atoms with Crippen molar-refractivity contribution in [3.63, 3.8) is 0 Å². The van der Waals surface area contributed by atoms with Gasteiger partial charge in [0.15, 0.2) is 0 Å². The van der Waals surface area contributed by atoms with E-state index in [0.717, 1.165) is 12.1 Å². The van der Waals surface area contributed by atoms with Gasteiger partial charge in [0.2, 0.25) is 11.8 Å². The lowest BCUT2D eigenvalue weighted by Crippen LogP contribution is -2.41. The predicted molar refractivity (Wildman–Crippen MR) is 74.5 cm³/mol. The fourth-order valence-electron chi connectivity index (χ4n) is 1.72. The Kier molecular flexibility index (Phi) is 6.23. The van der Waals surface area contributed by atoms with Crippen LogP contribution in [0.2, 0.25) is 0 Å². The van der Waals surface area contributed by atoms with Gasteiger partial charge >= 0.3 is 0 Å². The number of hydrogen-bond acceptors (Lipinski definition) is 3. The summed E-state index contributed by atoms with van der Waals surface area (Å²) in [6.45, 7) is 1.57. The molecule has 2 N–H and O–H groups in total. The molecule has 0 saturated heterocycles. The van der Waals surface area contributed by atoms with Crippen LogP contribution in [0.15, 0.2) is 18.2 Å². The molecule has 0 spiro atoms. The van der Waals surface area contributed by atoms with Crippen LogP contribution in [0.4, 0.5) is 8.78 Å². The number of hydrogen-bond donors (Lipinski definition) is 2. The third kappa shape index (κ3) is 5.11. The lowest BCUT2D eigenvalue weighted by atomic mass is 10.1. The van der Waals surface area contributed by atoms with Gasteiger partial charge in [-0.2, -0.15) is 0 Å². The number of nitrogens with zero attached hydrogens (tertiary/aromatic N) is 1. The van der Waals surface area contributed by atoms with Crippen LogP contribution in [-0.4, -0.2) is 43.9 Å². The first-order valence-electron chi connectivity index (χ1n) is 6.48. The van der Waals surface area contributed by atoms with Crippen molar-refractivity contribution >= 4 is 11.8 Å².